The van der Waals surface area contributed by atoms with Crippen molar-refractivity contribution in [2.24, 2.45) is 11.8 Å². The zero-order chi connectivity index (χ0) is 26.4. The summed E-state index contributed by atoms with van der Waals surface area (Å²) >= 11 is 0. The number of imide groups is 1. The highest BCUT2D eigenvalue weighted by Gasteiger charge is 2.77. The fraction of sp³-hybridized carbons (Fsp3) is 0.345. The van der Waals surface area contributed by atoms with Gasteiger partial charge in [0.2, 0.25) is 11.8 Å². The van der Waals surface area contributed by atoms with E-state index in [1.807, 2.05) is 49.4 Å². The molecule has 0 aliphatic carbocycles. The minimum atomic E-state index is -1.17. The second kappa shape index (κ2) is 7.69. The molecular formula is C29H25N5O4. The molecule has 3 aliphatic heterocycles. The minimum absolute atomic E-state index is 0.255. The highest BCUT2D eigenvalue weighted by molar-refractivity contribution is 6.26. The predicted octanol–water partition coefficient (Wildman–Crippen LogP) is 3.25. The molecule has 2 amide bonds. The van der Waals surface area contributed by atoms with Gasteiger partial charge in [-0.1, -0.05) is 30.3 Å². The average molecular weight is 508 g/mol. The number of anilines is 1. The highest BCUT2D eigenvalue weighted by Crippen LogP contribution is 2.62. The Morgan fingerprint density at radius 3 is 2.58 bits per heavy atom. The highest BCUT2D eigenvalue weighted by atomic mass is 16.6. The number of nitriles is 1. The van der Waals surface area contributed by atoms with Crippen molar-refractivity contribution in [3.8, 4) is 6.07 Å². The van der Waals surface area contributed by atoms with Crippen LogP contribution in [0.25, 0.3) is 21.8 Å². The first-order valence-corrected chi connectivity index (χ1v) is 12.8. The van der Waals surface area contributed by atoms with Gasteiger partial charge in [0.05, 0.1) is 47.4 Å². The number of nitrogens with zero attached hydrogens (tertiary/aromatic N) is 5. The van der Waals surface area contributed by atoms with Crippen molar-refractivity contribution in [2.45, 2.75) is 50.5 Å². The molecule has 3 fully saturated rings. The molecule has 5 atom stereocenters. The molecule has 3 saturated heterocycles. The van der Waals surface area contributed by atoms with Gasteiger partial charge in [-0.2, -0.15) is 20.3 Å². The van der Waals surface area contributed by atoms with Crippen molar-refractivity contribution < 1.29 is 19.4 Å². The van der Waals surface area contributed by atoms with Gasteiger partial charge in [-0.15, -0.1) is 0 Å². The van der Waals surface area contributed by atoms with E-state index in [-0.39, 0.29) is 18.2 Å². The van der Waals surface area contributed by atoms with Crippen LogP contribution in [0.3, 0.4) is 0 Å². The number of aromatic nitrogens is 3. The lowest BCUT2D eigenvalue weighted by Gasteiger charge is -2.33. The first-order valence-electron chi connectivity index (χ1n) is 12.8. The van der Waals surface area contributed by atoms with Crippen molar-refractivity contribution in [3.05, 3.63) is 65.7 Å². The molecule has 0 saturated carbocycles. The molecule has 3 aliphatic rings. The molecule has 5 unspecified atom stereocenters. The van der Waals surface area contributed by atoms with Gasteiger partial charge >= 0.3 is 0 Å². The Bertz CT molecular complexity index is 1720. The van der Waals surface area contributed by atoms with E-state index in [1.54, 1.807) is 23.9 Å². The van der Waals surface area contributed by atoms with Gasteiger partial charge in [-0.05, 0) is 50.1 Å². The molecule has 0 radical (unpaired) electrons. The van der Waals surface area contributed by atoms with Gasteiger partial charge in [0, 0.05) is 17.2 Å². The molecule has 1 aromatic heterocycles. The van der Waals surface area contributed by atoms with E-state index >= 15 is 0 Å². The minimum Gasteiger partial charge on any atom is -0.390 e. The third-order valence-electron chi connectivity index (χ3n) is 8.69. The summed E-state index contributed by atoms with van der Waals surface area (Å²) in [5.41, 5.74) is 1.39. The van der Waals surface area contributed by atoms with Crippen molar-refractivity contribution in [2.75, 3.05) is 4.90 Å². The van der Waals surface area contributed by atoms with Gasteiger partial charge in [0.15, 0.2) is 0 Å². The number of amides is 2. The quantitative estimate of drug-likeness (QED) is 0.421. The molecule has 38 heavy (non-hydrogen) atoms. The largest absolute Gasteiger partial charge is 0.390 e. The number of fused-ring (bicyclic) bond motifs is 7. The van der Waals surface area contributed by atoms with Gasteiger partial charge in [0.25, 0.3) is 0 Å². The first kappa shape index (κ1) is 23.0. The Morgan fingerprint density at radius 2 is 1.79 bits per heavy atom. The lowest BCUT2D eigenvalue weighted by molar-refractivity contribution is -0.133. The van der Waals surface area contributed by atoms with Crippen LogP contribution in [0, 0.1) is 30.1 Å². The maximum absolute atomic E-state index is 14.1. The number of carbonyl (C=O) groups is 2. The summed E-state index contributed by atoms with van der Waals surface area (Å²) in [6, 6.07) is 18.6. The Hall–Kier alpha value is -4.13. The third kappa shape index (κ3) is 2.93. The number of carbonyl (C=O) groups excluding carboxylic acids is 2. The fourth-order valence-corrected chi connectivity index (χ4v) is 6.90. The van der Waals surface area contributed by atoms with Crippen LogP contribution in [0.4, 0.5) is 5.69 Å². The number of ether oxygens (including phenoxy) is 1. The number of rotatable bonds is 4. The monoisotopic (exact) mass is 507 g/mol. The first-order chi connectivity index (χ1) is 18.3. The summed E-state index contributed by atoms with van der Waals surface area (Å²) < 4.78 is 6.46. The van der Waals surface area contributed by atoms with Crippen molar-refractivity contribution in [1.82, 2.24) is 15.0 Å². The molecule has 7 rings (SSSR count). The standard InChI is InChI=1S/C29H25N5O4/c1-16-7-9-20-21(13-16)32-33(31-20)12-11-29-14-23(35)28(2,38-29)24-25(29)27(37)34(26(24)36)22-10-8-17(15-30)18-5-3-4-6-19(18)22/h3-10,13,23-25,35H,11-12,14H2,1-2H3. The van der Waals surface area contributed by atoms with Crippen LogP contribution >= 0.6 is 0 Å². The molecule has 2 bridgehead atoms. The summed E-state index contributed by atoms with van der Waals surface area (Å²) in [5.74, 6) is -2.25. The zero-order valence-electron chi connectivity index (χ0n) is 21.0. The number of hydrogen-bond acceptors (Lipinski definition) is 7. The van der Waals surface area contributed by atoms with E-state index in [1.165, 1.54) is 4.90 Å². The van der Waals surface area contributed by atoms with E-state index in [9.17, 15) is 20.0 Å². The molecule has 190 valence electrons. The summed E-state index contributed by atoms with van der Waals surface area (Å²) in [5, 5.41) is 31.1. The fourth-order valence-electron chi connectivity index (χ4n) is 6.90. The molecule has 0 spiro atoms. The normalized spacial score (nSPS) is 29.9. The molecule has 9 nitrogen and oxygen atoms in total. The van der Waals surface area contributed by atoms with Crippen LogP contribution in [-0.2, 0) is 20.9 Å². The lowest BCUT2D eigenvalue weighted by atomic mass is 9.66. The molecule has 4 heterocycles. The SMILES string of the molecule is Cc1ccc2nn(CCC34CC(O)C(C)(O3)C3C(=O)N(c5ccc(C#N)c6ccccc56)C(=O)C34)nc2c1. The Kier molecular flexibility index (Phi) is 4.66. The van der Waals surface area contributed by atoms with Gasteiger partial charge < -0.3 is 9.84 Å². The van der Waals surface area contributed by atoms with Crippen molar-refractivity contribution >= 4 is 39.3 Å². The van der Waals surface area contributed by atoms with Crippen LogP contribution in [0.15, 0.2) is 54.6 Å². The summed E-state index contributed by atoms with van der Waals surface area (Å²) in [6.07, 6.45) is -0.252. The molecule has 4 aromatic rings. The van der Waals surface area contributed by atoms with Crippen LogP contribution in [0.1, 0.15) is 30.9 Å². The van der Waals surface area contributed by atoms with Gasteiger partial charge in [0.1, 0.15) is 16.6 Å². The smallest absolute Gasteiger partial charge is 0.240 e. The number of benzene rings is 3. The van der Waals surface area contributed by atoms with E-state index in [4.69, 9.17) is 4.74 Å². The van der Waals surface area contributed by atoms with E-state index in [2.05, 4.69) is 16.3 Å². The molecule has 3 aromatic carbocycles. The van der Waals surface area contributed by atoms with E-state index < -0.39 is 29.1 Å². The molecule has 9 heteroatoms. The number of aliphatic hydroxyl groups excluding tert-OH is 1. The third-order valence-corrected chi connectivity index (χ3v) is 8.69. The summed E-state index contributed by atoms with van der Waals surface area (Å²) in [4.78, 5) is 30.8. The maximum atomic E-state index is 14.1. The average Bonchev–Trinajstić information content (AvgIpc) is 3.58. The predicted molar refractivity (Wildman–Crippen MR) is 138 cm³/mol. The number of aryl methyl sites for hydroxylation is 2. The van der Waals surface area contributed by atoms with Crippen LogP contribution in [0.2, 0.25) is 0 Å². The summed E-state index contributed by atoms with van der Waals surface area (Å²) in [7, 11) is 0. The Morgan fingerprint density at radius 1 is 1.05 bits per heavy atom. The van der Waals surface area contributed by atoms with Gasteiger partial charge in [-0.25, -0.2) is 4.90 Å². The molecular weight excluding hydrogens is 482 g/mol. The van der Waals surface area contributed by atoms with E-state index in [0.717, 1.165) is 16.6 Å². The van der Waals surface area contributed by atoms with Crippen LogP contribution in [-0.4, -0.2) is 49.2 Å². The Balaban J connectivity index is 1.27. The number of hydrogen-bond donors (Lipinski definition) is 1. The van der Waals surface area contributed by atoms with Gasteiger partial charge in [-0.3, -0.25) is 9.59 Å². The number of aliphatic hydroxyl groups is 1. The van der Waals surface area contributed by atoms with E-state index in [0.29, 0.717) is 35.0 Å². The topological polar surface area (TPSA) is 121 Å². The lowest BCUT2D eigenvalue weighted by Crippen LogP contribution is -2.49. The Labute approximate surface area is 218 Å². The van der Waals surface area contributed by atoms with Crippen molar-refractivity contribution in [3.63, 3.8) is 0 Å². The van der Waals surface area contributed by atoms with Crippen LogP contribution < -0.4 is 4.90 Å². The van der Waals surface area contributed by atoms with Crippen molar-refractivity contribution in [1.29, 1.82) is 5.26 Å². The zero-order valence-corrected chi connectivity index (χ0v) is 21.0. The maximum Gasteiger partial charge on any atom is 0.240 e. The van der Waals surface area contributed by atoms with Crippen LogP contribution in [0.5, 0.6) is 0 Å². The molecule has 1 N–H and O–H groups in total. The summed E-state index contributed by atoms with van der Waals surface area (Å²) in [6.45, 7) is 4.11. The second-order valence-corrected chi connectivity index (χ2v) is 10.9. The second-order valence-electron chi connectivity index (χ2n) is 10.9.